The van der Waals surface area contributed by atoms with E-state index in [4.69, 9.17) is 4.74 Å². The number of rotatable bonds is 6. The third-order valence-electron chi connectivity index (χ3n) is 4.72. The topological polar surface area (TPSA) is 49.9 Å². The highest BCUT2D eigenvalue weighted by atomic mass is 19.1. The zero-order valence-corrected chi connectivity index (χ0v) is 15.4. The minimum Gasteiger partial charge on any atom is -0.497 e. The maximum atomic E-state index is 12.9. The van der Waals surface area contributed by atoms with Gasteiger partial charge in [-0.1, -0.05) is 24.3 Å². The number of ether oxygens (including phenoxy) is 1. The Morgan fingerprint density at radius 2 is 1.89 bits per heavy atom. The molecule has 1 aliphatic rings. The highest BCUT2D eigenvalue weighted by molar-refractivity contribution is 5.86. The van der Waals surface area contributed by atoms with E-state index in [0.717, 1.165) is 16.9 Å². The Kier molecular flexibility index (Phi) is 6.06. The lowest BCUT2D eigenvalue weighted by Crippen LogP contribution is -2.51. The highest BCUT2D eigenvalue weighted by Gasteiger charge is 2.26. The molecule has 0 saturated carbocycles. The summed E-state index contributed by atoms with van der Waals surface area (Å²) in [5, 5.41) is 0. The number of methoxy groups -OCH3 is 1. The molecule has 0 bridgehead atoms. The second kappa shape index (κ2) is 8.66. The molecule has 5 nitrogen and oxygen atoms in total. The molecule has 0 spiro atoms. The number of piperazine rings is 1. The van der Waals surface area contributed by atoms with Gasteiger partial charge in [-0.05, 0) is 41.8 Å². The maximum absolute atomic E-state index is 12.9. The van der Waals surface area contributed by atoms with Crippen LogP contribution in [-0.4, -0.2) is 48.4 Å². The quantitative estimate of drug-likeness (QED) is 0.786. The molecule has 0 unspecified atom stereocenters. The van der Waals surface area contributed by atoms with Crippen molar-refractivity contribution in [1.82, 2.24) is 9.80 Å². The van der Waals surface area contributed by atoms with Gasteiger partial charge in [-0.25, -0.2) is 4.39 Å². The number of halogens is 1. The largest absolute Gasteiger partial charge is 0.497 e. The molecule has 6 heteroatoms. The molecule has 0 N–H and O–H groups in total. The summed E-state index contributed by atoms with van der Waals surface area (Å²) in [6.45, 7) is 1.65. The maximum Gasteiger partial charge on any atom is 0.242 e. The van der Waals surface area contributed by atoms with Crippen molar-refractivity contribution < 1.29 is 18.7 Å². The molecule has 2 aromatic carbocycles. The van der Waals surface area contributed by atoms with Crippen LogP contribution >= 0.6 is 0 Å². The summed E-state index contributed by atoms with van der Waals surface area (Å²) in [7, 11) is 1.61. The molecule has 2 aromatic rings. The molecule has 0 radical (unpaired) electrons. The average molecular weight is 370 g/mol. The second-order valence-corrected chi connectivity index (χ2v) is 6.61. The number of aryl methyl sites for hydroxylation is 1. The minimum absolute atomic E-state index is 0.0475. The first kappa shape index (κ1) is 18.9. The van der Waals surface area contributed by atoms with Crippen molar-refractivity contribution >= 4 is 11.8 Å². The van der Waals surface area contributed by atoms with Crippen LogP contribution in [0.25, 0.3) is 0 Å². The van der Waals surface area contributed by atoms with Crippen LogP contribution in [0, 0.1) is 5.82 Å². The zero-order chi connectivity index (χ0) is 19.2. The molecule has 1 fully saturated rings. The molecule has 0 atom stereocenters. The summed E-state index contributed by atoms with van der Waals surface area (Å²) < 4.78 is 18.1. The number of hydrogen-bond donors (Lipinski definition) is 0. The molecule has 3 rings (SSSR count). The Hall–Kier alpha value is -2.89. The van der Waals surface area contributed by atoms with Crippen molar-refractivity contribution in [3.05, 3.63) is 65.5 Å². The van der Waals surface area contributed by atoms with Gasteiger partial charge in [0.1, 0.15) is 11.6 Å². The van der Waals surface area contributed by atoms with Crippen molar-refractivity contribution in [2.45, 2.75) is 19.4 Å². The van der Waals surface area contributed by atoms with Crippen molar-refractivity contribution in [3.8, 4) is 5.75 Å². The number of amides is 2. The average Bonchev–Trinajstić information content (AvgIpc) is 2.69. The number of hydrogen-bond acceptors (Lipinski definition) is 3. The monoisotopic (exact) mass is 370 g/mol. The van der Waals surface area contributed by atoms with Crippen molar-refractivity contribution in [3.63, 3.8) is 0 Å². The smallest absolute Gasteiger partial charge is 0.242 e. The fraction of sp³-hybridized carbons (Fsp3) is 0.333. The normalized spacial score (nSPS) is 14.4. The van der Waals surface area contributed by atoms with Gasteiger partial charge in [0.05, 0.1) is 13.7 Å². The predicted octanol–water partition coefficient (Wildman–Crippen LogP) is 2.64. The molecule has 1 heterocycles. The summed E-state index contributed by atoms with van der Waals surface area (Å²) in [6, 6.07) is 13.8. The van der Waals surface area contributed by atoms with E-state index in [1.165, 1.54) is 12.1 Å². The molecule has 0 aromatic heterocycles. The Labute approximate surface area is 158 Å². The molecule has 142 valence electrons. The van der Waals surface area contributed by atoms with Crippen LogP contribution in [-0.2, 0) is 22.6 Å². The van der Waals surface area contributed by atoms with Gasteiger partial charge in [-0.3, -0.25) is 9.59 Å². The predicted molar refractivity (Wildman–Crippen MR) is 99.7 cm³/mol. The van der Waals surface area contributed by atoms with Crippen LogP contribution in [0.1, 0.15) is 17.5 Å². The van der Waals surface area contributed by atoms with Crippen LogP contribution in [0.3, 0.4) is 0 Å². The summed E-state index contributed by atoms with van der Waals surface area (Å²) in [4.78, 5) is 28.2. The Balaban J connectivity index is 1.50. The minimum atomic E-state index is -0.289. The molecule has 2 amide bonds. The fourth-order valence-corrected chi connectivity index (χ4v) is 3.14. The van der Waals surface area contributed by atoms with Crippen molar-refractivity contribution in [1.29, 1.82) is 0 Å². The molecule has 1 aliphatic heterocycles. The standard InChI is InChI=1S/C21H23FN2O3/c1-27-19-4-2-3-17(13-19)14-23-11-12-24(15-21(23)26)20(25)10-7-16-5-8-18(22)9-6-16/h2-6,8-9,13H,7,10-12,14-15H2,1H3. The molecular weight excluding hydrogens is 347 g/mol. The fourth-order valence-electron chi connectivity index (χ4n) is 3.14. The first-order chi connectivity index (χ1) is 13.0. The van der Waals surface area contributed by atoms with Crippen molar-refractivity contribution in [2.75, 3.05) is 26.7 Å². The van der Waals surface area contributed by atoms with Gasteiger partial charge < -0.3 is 14.5 Å². The van der Waals surface area contributed by atoms with Crippen LogP contribution in [0.2, 0.25) is 0 Å². The third-order valence-corrected chi connectivity index (χ3v) is 4.72. The van der Waals surface area contributed by atoms with Crippen molar-refractivity contribution in [2.24, 2.45) is 0 Å². The van der Waals surface area contributed by atoms with E-state index in [9.17, 15) is 14.0 Å². The molecule has 1 saturated heterocycles. The lowest BCUT2D eigenvalue weighted by atomic mass is 10.1. The van der Waals surface area contributed by atoms with Gasteiger partial charge in [0, 0.05) is 26.1 Å². The van der Waals surface area contributed by atoms with E-state index < -0.39 is 0 Å². The summed E-state index contributed by atoms with van der Waals surface area (Å²) in [5.41, 5.74) is 1.91. The van der Waals surface area contributed by atoms with Crippen LogP contribution in [0.5, 0.6) is 5.75 Å². The van der Waals surface area contributed by atoms with E-state index in [0.29, 0.717) is 32.5 Å². The SMILES string of the molecule is COc1cccc(CN2CCN(C(=O)CCc3ccc(F)cc3)CC2=O)c1. The Bertz CT molecular complexity index is 807. The van der Waals surface area contributed by atoms with Gasteiger partial charge >= 0.3 is 0 Å². The third kappa shape index (κ3) is 5.06. The van der Waals surface area contributed by atoms with E-state index >= 15 is 0 Å². The van der Waals surface area contributed by atoms with Gasteiger partial charge in [0.25, 0.3) is 0 Å². The highest BCUT2D eigenvalue weighted by Crippen LogP contribution is 2.16. The number of carbonyl (C=O) groups excluding carboxylic acids is 2. The first-order valence-corrected chi connectivity index (χ1v) is 8.98. The molecular formula is C21H23FN2O3. The van der Waals surface area contributed by atoms with E-state index in [-0.39, 0.29) is 24.2 Å². The summed E-state index contributed by atoms with van der Waals surface area (Å²) >= 11 is 0. The molecule has 0 aliphatic carbocycles. The zero-order valence-electron chi connectivity index (χ0n) is 15.4. The number of benzene rings is 2. The lowest BCUT2D eigenvalue weighted by Gasteiger charge is -2.34. The van der Waals surface area contributed by atoms with Gasteiger partial charge in [0.2, 0.25) is 11.8 Å². The Morgan fingerprint density at radius 3 is 2.59 bits per heavy atom. The molecule has 27 heavy (non-hydrogen) atoms. The summed E-state index contributed by atoms with van der Waals surface area (Å²) in [5.74, 6) is 0.366. The van der Waals surface area contributed by atoms with E-state index in [2.05, 4.69) is 0 Å². The van der Waals surface area contributed by atoms with Gasteiger partial charge in [-0.15, -0.1) is 0 Å². The summed E-state index contributed by atoms with van der Waals surface area (Å²) in [6.07, 6.45) is 0.853. The lowest BCUT2D eigenvalue weighted by molar-refractivity contribution is -0.145. The van der Waals surface area contributed by atoms with Crippen LogP contribution in [0.4, 0.5) is 4.39 Å². The van der Waals surface area contributed by atoms with Crippen LogP contribution < -0.4 is 4.74 Å². The van der Waals surface area contributed by atoms with E-state index in [1.54, 1.807) is 29.0 Å². The second-order valence-electron chi connectivity index (χ2n) is 6.61. The number of carbonyl (C=O) groups is 2. The van der Waals surface area contributed by atoms with E-state index in [1.807, 2.05) is 24.3 Å². The first-order valence-electron chi connectivity index (χ1n) is 8.98. The number of nitrogens with zero attached hydrogens (tertiary/aromatic N) is 2. The van der Waals surface area contributed by atoms with Crippen LogP contribution in [0.15, 0.2) is 48.5 Å². The Morgan fingerprint density at radius 1 is 1.11 bits per heavy atom. The van der Waals surface area contributed by atoms with Gasteiger partial charge in [0.15, 0.2) is 0 Å². The van der Waals surface area contributed by atoms with Gasteiger partial charge in [-0.2, -0.15) is 0 Å².